The molecule has 0 atom stereocenters. The summed E-state index contributed by atoms with van der Waals surface area (Å²) in [5.41, 5.74) is 0.396. The van der Waals surface area contributed by atoms with Crippen molar-refractivity contribution >= 4 is 17.3 Å². The molecule has 2 heterocycles. The summed E-state index contributed by atoms with van der Waals surface area (Å²) in [6.07, 6.45) is 4.73. The van der Waals surface area contributed by atoms with Crippen molar-refractivity contribution in [2.24, 2.45) is 11.8 Å². The van der Waals surface area contributed by atoms with E-state index in [2.05, 4.69) is 23.7 Å². The van der Waals surface area contributed by atoms with E-state index in [0.29, 0.717) is 31.4 Å². The molecule has 0 spiro atoms. The molecule has 1 aromatic heterocycles. The third kappa shape index (κ3) is 4.49. The highest BCUT2D eigenvalue weighted by Crippen LogP contribution is 2.35. The molecule has 0 amide bonds. The molecule has 3 rings (SSSR count). The van der Waals surface area contributed by atoms with E-state index in [1.54, 1.807) is 0 Å². The largest absolute Gasteiger partial charge is 0.407 e. The number of nitro groups is 1. The second kappa shape index (κ2) is 7.99. The Balaban J connectivity index is 1.88. The van der Waals surface area contributed by atoms with Crippen molar-refractivity contribution in [1.82, 2.24) is 4.98 Å². The minimum atomic E-state index is -0.432. The number of carbonyl (C=O) groups excluding carboxylic acids is 1. The van der Waals surface area contributed by atoms with E-state index in [-0.39, 0.29) is 29.5 Å². The van der Waals surface area contributed by atoms with E-state index in [1.165, 1.54) is 12.3 Å². The Bertz CT molecular complexity index is 669. The average molecular weight is 363 g/mol. The smallest absolute Gasteiger partial charge is 0.315 e. The van der Waals surface area contributed by atoms with Gasteiger partial charge in [0.15, 0.2) is 0 Å². The highest BCUT2D eigenvalue weighted by Gasteiger charge is 2.33. The van der Waals surface area contributed by atoms with Crippen molar-refractivity contribution in [3.05, 3.63) is 22.4 Å². The van der Waals surface area contributed by atoms with Gasteiger partial charge in [0, 0.05) is 25.8 Å². The minimum absolute atomic E-state index is 0.00572. The molecule has 0 bridgehead atoms. The molecule has 1 saturated heterocycles. The third-order valence-corrected chi connectivity index (χ3v) is 4.65. The van der Waals surface area contributed by atoms with Crippen molar-refractivity contribution in [3.63, 3.8) is 0 Å². The molecule has 142 valence electrons. The van der Waals surface area contributed by atoms with Crippen LogP contribution in [-0.4, -0.2) is 41.7 Å². The molecule has 1 aliphatic heterocycles. The van der Waals surface area contributed by atoms with Crippen LogP contribution < -0.4 is 9.64 Å². The Morgan fingerprint density at radius 3 is 2.65 bits per heavy atom. The monoisotopic (exact) mass is 363 g/mol. The number of hydrogen-bond acceptors (Lipinski definition) is 7. The summed E-state index contributed by atoms with van der Waals surface area (Å²) in [7, 11) is 0. The molecule has 2 aliphatic rings. The second-order valence-electron chi connectivity index (χ2n) is 7.35. The maximum atomic E-state index is 11.8. The van der Waals surface area contributed by atoms with E-state index >= 15 is 0 Å². The first-order valence-electron chi connectivity index (χ1n) is 9.16. The van der Waals surface area contributed by atoms with Crippen molar-refractivity contribution in [1.29, 1.82) is 0 Å². The highest BCUT2D eigenvalue weighted by molar-refractivity contribution is 5.77. The predicted octanol–water partition coefficient (Wildman–Crippen LogP) is 2.95. The molecule has 1 saturated carbocycles. The minimum Gasteiger partial charge on any atom is -0.407 e. The fourth-order valence-corrected chi connectivity index (χ4v) is 3.18. The van der Waals surface area contributed by atoms with E-state index in [0.717, 1.165) is 25.7 Å². The topological polar surface area (TPSA) is 94.8 Å². The Morgan fingerprint density at radius 2 is 2.08 bits per heavy atom. The van der Waals surface area contributed by atoms with Crippen molar-refractivity contribution in [2.45, 2.75) is 45.6 Å². The number of anilines is 1. The standard InChI is InChI=1S/C18H25N3O5/c1-12(2)11-20(14-5-7-25-8-6-14)16-10-19-17(9-15(16)21(23)24)26-18(22)13-3-4-13/h9-10,12-14H,3-8,11H2,1-2H3. The fraction of sp³-hybridized carbons (Fsp3) is 0.667. The SMILES string of the molecule is CC(C)CN(c1cnc(OC(=O)C2CC2)cc1[N+](=O)[O-])C1CCOCC1. The molecule has 1 aliphatic carbocycles. The summed E-state index contributed by atoms with van der Waals surface area (Å²) in [4.78, 5) is 29.3. The average Bonchev–Trinajstić information content (AvgIpc) is 3.45. The Morgan fingerprint density at radius 1 is 1.38 bits per heavy atom. The summed E-state index contributed by atoms with van der Waals surface area (Å²) in [6.45, 7) is 6.15. The van der Waals surface area contributed by atoms with Crippen LogP contribution in [0.25, 0.3) is 0 Å². The highest BCUT2D eigenvalue weighted by atomic mass is 16.6. The van der Waals surface area contributed by atoms with E-state index < -0.39 is 4.92 Å². The lowest BCUT2D eigenvalue weighted by atomic mass is 10.0. The zero-order chi connectivity index (χ0) is 18.7. The molecule has 8 heteroatoms. The van der Waals surface area contributed by atoms with Gasteiger partial charge in [-0.2, -0.15) is 0 Å². The van der Waals surface area contributed by atoms with Gasteiger partial charge in [0.1, 0.15) is 5.69 Å². The van der Waals surface area contributed by atoms with Crippen LogP contribution in [0.3, 0.4) is 0 Å². The molecule has 26 heavy (non-hydrogen) atoms. The number of ether oxygens (including phenoxy) is 2. The molecule has 2 fully saturated rings. The molecule has 0 unspecified atom stereocenters. The maximum absolute atomic E-state index is 11.8. The van der Waals surface area contributed by atoms with Crippen LogP contribution in [0.1, 0.15) is 39.5 Å². The number of pyridine rings is 1. The second-order valence-corrected chi connectivity index (χ2v) is 7.35. The molecule has 0 N–H and O–H groups in total. The van der Waals surface area contributed by atoms with Crippen LogP contribution >= 0.6 is 0 Å². The van der Waals surface area contributed by atoms with Crippen molar-refractivity contribution in [3.8, 4) is 5.88 Å². The summed E-state index contributed by atoms with van der Waals surface area (Å²) >= 11 is 0. The first-order valence-corrected chi connectivity index (χ1v) is 9.16. The molecule has 1 aromatic rings. The number of rotatable bonds is 7. The van der Waals surface area contributed by atoms with Crippen LogP contribution in [0.2, 0.25) is 0 Å². The summed E-state index contributed by atoms with van der Waals surface area (Å²) in [5, 5.41) is 11.7. The van der Waals surface area contributed by atoms with E-state index in [4.69, 9.17) is 9.47 Å². The van der Waals surface area contributed by atoms with Gasteiger partial charge in [-0.1, -0.05) is 13.8 Å². The molecule has 0 radical (unpaired) electrons. The number of aromatic nitrogens is 1. The predicted molar refractivity (Wildman–Crippen MR) is 95.3 cm³/mol. The zero-order valence-electron chi connectivity index (χ0n) is 15.2. The Labute approximate surface area is 152 Å². The van der Waals surface area contributed by atoms with Crippen LogP contribution in [-0.2, 0) is 9.53 Å². The van der Waals surface area contributed by atoms with Crippen LogP contribution in [0.4, 0.5) is 11.4 Å². The van der Waals surface area contributed by atoms with Gasteiger partial charge < -0.3 is 14.4 Å². The lowest BCUT2D eigenvalue weighted by Gasteiger charge is -2.36. The lowest BCUT2D eigenvalue weighted by molar-refractivity contribution is -0.384. The van der Waals surface area contributed by atoms with Crippen LogP contribution in [0, 0.1) is 22.0 Å². The summed E-state index contributed by atoms with van der Waals surface area (Å²) in [5.74, 6) is -0.114. The third-order valence-electron chi connectivity index (χ3n) is 4.65. The molecule has 0 aromatic carbocycles. The quantitative estimate of drug-likeness (QED) is 0.417. The normalized spacial score (nSPS) is 18.0. The zero-order valence-corrected chi connectivity index (χ0v) is 15.2. The van der Waals surface area contributed by atoms with Gasteiger partial charge in [-0.3, -0.25) is 14.9 Å². The van der Waals surface area contributed by atoms with Gasteiger partial charge in [-0.05, 0) is 31.6 Å². The Kier molecular flexibility index (Phi) is 5.70. The van der Waals surface area contributed by atoms with Gasteiger partial charge in [-0.25, -0.2) is 4.98 Å². The first-order chi connectivity index (χ1) is 12.5. The van der Waals surface area contributed by atoms with Crippen molar-refractivity contribution < 1.29 is 19.2 Å². The number of carbonyl (C=O) groups is 1. The van der Waals surface area contributed by atoms with Crippen LogP contribution in [0.5, 0.6) is 5.88 Å². The summed E-state index contributed by atoms with van der Waals surface area (Å²) < 4.78 is 10.6. The Hall–Kier alpha value is -2.22. The molecule has 8 nitrogen and oxygen atoms in total. The van der Waals surface area contributed by atoms with Gasteiger partial charge in [0.25, 0.3) is 5.69 Å². The maximum Gasteiger partial charge on any atom is 0.315 e. The van der Waals surface area contributed by atoms with E-state index in [9.17, 15) is 14.9 Å². The molecular formula is C18H25N3O5. The molecular weight excluding hydrogens is 338 g/mol. The number of esters is 1. The van der Waals surface area contributed by atoms with Crippen LogP contribution in [0.15, 0.2) is 12.3 Å². The summed E-state index contributed by atoms with van der Waals surface area (Å²) in [6, 6.07) is 1.44. The fourth-order valence-electron chi connectivity index (χ4n) is 3.18. The number of nitrogens with zero attached hydrogens (tertiary/aromatic N) is 3. The van der Waals surface area contributed by atoms with Crippen molar-refractivity contribution in [2.75, 3.05) is 24.7 Å². The first kappa shape index (κ1) is 18.6. The number of hydrogen-bond donors (Lipinski definition) is 0. The van der Waals surface area contributed by atoms with Gasteiger partial charge in [0.05, 0.1) is 23.1 Å². The lowest BCUT2D eigenvalue weighted by Crippen LogP contribution is -2.42. The van der Waals surface area contributed by atoms with Gasteiger partial charge in [0.2, 0.25) is 5.88 Å². The van der Waals surface area contributed by atoms with E-state index in [1.807, 2.05) is 0 Å². The van der Waals surface area contributed by atoms with Gasteiger partial charge >= 0.3 is 5.97 Å². The van der Waals surface area contributed by atoms with Gasteiger partial charge in [-0.15, -0.1) is 0 Å².